The first kappa shape index (κ1) is 29.3. The lowest BCUT2D eigenvalue weighted by Gasteiger charge is -2.14. The summed E-state index contributed by atoms with van der Waals surface area (Å²) in [6.45, 7) is 4.11. The molecule has 0 aliphatic rings. The van der Waals surface area contributed by atoms with Gasteiger partial charge in [-0.15, -0.1) is 0 Å². The second-order valence-electron chi connectivity index (χ2n) is 9.47. The maximum absolute atomic E-state index is 13.4. The van der Waals surface area contributed by atoms with Crippen LogP contribution < -0.4 is 16.0 Å². The van der Waals surface area contributed by atoms with E-state index in [0.29, 0.717) is 16.7 Å². The van der Waals surface area contributed by atoms with E-state index in [4.69, 9.17) is 0 Å². The van der Waals surface area contributed by atoms with Crippen LogP contribution in [-0.4, -0.2) is 35.1 Å². The summed E-state index contributed by atoms with van der Waals surface area (Å²) in [6.07, 6.45) is 0. The van der Waals surface area contributed by atoms with Crippen molar-refractivity contribution in [3.8, 4) is 0 Å². The van der Waals surface area contributed by atoms with E-state index in [0.717, 1.165) is 0 Å². The van der Waals surface area contributed by atoms with Crippen molar-refractivity contribution in [1.29, 1.82) is 0 Å². The largest absolute Gasteiger partial charge is 0.321 e. The Kier molecular flexibility index (Phi) is 8.82. The molecule has 0 spiro atoms. The molecule has 0 fully saturated rings. The number of Topliss-reactive ketones (excluding diaryl/α,β-unsaturated/α-hetero) is 3. The third-order valence-electron chi connectivity index (χ3n) is 6.38. The van der Waals surface area contributed by atoms with Crippen molar-refractivity contribution in [1.82, 2.24) is 0 Å². The van der Waals surface area contributed by atoms with Gasteiger partial charge in [-0.2, -0.15) is 0 Å². The molecule has 4 rings (SSSR count). The van der Waals surface area contributed by atoms with Gasteiger partial charge in [-0.25, -0.2) is 0 Å². The van der Waals surface area contributed by atoms with Crippen LogP contribution in [0.25, 0.3) is 0 Å². The lowest BCUT2D eigenvalue weighted by Crippen LogP contribution is -2.20. The first-order valence-electron chi connectivity index (χ1n) is 12.9. The van der Waals surface area contributed by atoms with Crippen LogP contribution in [0.3, 0.4) is 0 Å². The van der Waals surface area contributed by atoms with Gasteiger partial charge in [0.15, 0.2) is 17.3 Å². The molecule has 4 aromatic rings. The Morgan fingerprint density at radius 1 is 0.405 bits per heavy atom. The zero-order valence-electron chi connectivity index (χ0n) is 23.1. The Morgan fingerprint density at radius 3 is 0.881 bits per heavy atom. The van der Waals surface area contributed by atoms with Crippen molar-refractivity contribution in [3.63, 3.8) is 0 Å². The third-order valence-corrected chi connectivity index (χ3v) is 6.38. The second-order valence-corrected chi connectivity index (χ2v) is 9.47. The molecule has 0 unspecified atom stereocenters. The number of nitrogens with one attached hydrogen (secondary N) is 3. The quantitative estimate of drug-likeness (QED) is 0.213. The van der Waals surface area contributed by atoms with Crippen molar-refractivity contribution < 1.29 is 28.8 Å². The lowest BCUT2D eigenvalue weighted by molar-refractivity contribution is 0.100. The molecule has 3 amide bonds. The van der Waals surface area contributed by atoms with Crippen LogP contribution in [0.15, 0.2) is 91.0 Å². The fourth-order valence-electron chi connectivity index (χ4n) is 4.30. The third kappa shape index (κ3) is 6.71. The van der Waals surface area contributed by atoms with Crippen molar-refractivity contribution in [3.05, 3.63) is 124 Å². The van der Waals surface area contributed by atoms with Crippen LogP contribution in [0.5, 0.6) is 0 Å². The molecule has 42 heavy (non-hydrogen) atoms. The van der Waals surface area contributed by atoms with Crippen LogP contribution in [0.2, 0.25) is 0 Å². The van der Waals surface area contributed by atoms with E-state index in [1.54, 1.807) is 72.8 Å². The molecule has 0 aliphatic heterocycles. The van der Waals surface area contributed by atoms with Crippen molar-refractivity contribution >= 4 is 52.1 Å². The molecule has 0 aliphatic carbocycles. The monoisotopic (exact) mass is 561 g/mol. The summed E-state index contributed by atoms with van der Waals surface area (Å²) in [4.78, 5) is 76.3. The van der Waals surface area contributed by atoms with Crippen LogP contribution >= 0.6 is 0 Å². The van der Waals surface area contributed by atoms with Gasteiger partial charge in [-0.05, 0) is 75.4 Å². The van der Waals surface area contributed by atoms with Gasteiger partial charge in [-0.1, -0.05) is 36.4 Å². The van der Waals surface area contributed by atoms with Gasteiger partial charge in [-0.3, -0.25) is 28.8 Å². The Balaban J connectivity index is 1.74. The van der Waals surface area contributed by atoms with Gasteiger partial charge in [0.25, 0.3) is 17.7 Å². The van der Waals surface area contributed by atoms with Gasteiger partial charge in [0.05, 0.1) is 17.1 Å². The minimum absolute atomic E-state index is 0.0362. The van der Waals surface area contributed by atoms with Gasteiger partial charge < -0.3 is 16.0 Å². The van der Waals surface area contributed by atoms with E-state index in [9.17, 15) is 28.8 Å². The van der Waals surface area contributed by atoms with E-state index < -0.39 is 17.7 Å². The topological polar surface area (TPSA) is 139 Å². The summed E-state index contributed by atoms with van der Waals surface area (Å²) in [7, 11) is 0. The molecular formula is C33H27N3O6. The Bertz CT molecular complexity index is 1540. The van der Waals surface area contributed by atoms with E-state index in [1.807, 2.05) is 0 Å². The average molecular weight is 562 g/mol. The highest BCUT2D eigenvalue weighted by Crippen LogP contribution is 2.22. The van der Waals surface area contributed by atoms with Crippen molar-refractivity contribution in [2.45, 2.75) is 20.8 Å². The molecule has 0 radical (unpaired) electrons. The zero-order chi connectivity index (χ0) is 30.4. The van der Waals surface area contributed by atoms with Gasteiger partial charge in [0.2, 0.25) is 0 Å². The Hall–Kier alpha value is -5.70. The number of hydrogen-bond acceptors (Lipinski definition) is 6. The molecule has 0 aromatic heterocycles. The number of hydrogen-bond donors (Lipinski definition) is 3. The van der Waals surface area contributed by atoms with Gasteiger partial charge in [0.1, 0.15) is 0 Å². The summed E-state index contributed by atoms with van der Waals surface area (Å²) < 4.78 is 0. The molecule has 0 bridgehead atoms. The highest BCUT2D eigenvalue weighted by Gasteiger charge is 2.20. The highest BCUT2D eigenvalue weighted by molar-refractivity contribution is 6.15. The molecular weight excluding hydrogens is 534 g/mol. The number of anilines is 3. The first-order valence-corrected chi connectivity index (χ1v) is 12.9. The number of para-hydroxylation sites is 3. The Labute approximate surface area is 242 Å². The number of carbonyl (C=O) groups is 6. The van der Waals surface area contributed by atoms with Crippen LogP contribution in [0, 0.1) is 0 Å². The fraction of sp³-hybridized carbons (Fsp3) is 0.0909. The smallest absolute Gasteiger partial charge is 0.255 e. The summed E-state index contributed by atoms with van der Waals surface area (Å²) >= 11 is 0. The molecule has 0 heterocycles. The molecule has 210 valence electrons. The predicted molar refractivity (Wildman–Crippen MR) is 160 cm³/mol. The maximum atomic E-state index is 13.4. The average Bonchev–Trinajstić information content (AvgIpc) is 2.97. The lowest BCUT2D eigenvalue weighted by atomic mass is 10.0. The van der Waals surface area contributed by atoms with Crippen molar-refractivity contribution in [2.24, 2.45) is 0 Å². The van der Waals surface area contributed by atoms with Crippen LogP contribution in [0.4, 0.5) is 17.1 Å². The molecule has 0 saturated heterocycles. The highest BCUT2D eigenvalue weighted by atomic mass is 16.2. The van der Waals surface area contributed by atoms with Crippen LogP contribution in [0.1, 0.15) is 82.9 Å². The number of amides is 3. The maximum Gasteiger partial charge on any atom is 0.255 e. The summed E-state index contributed by atoms with van der Waals surface area (Å²) in [5.41, 5.74) is 1.56. The minimum Gasteiger partial charge on any atom is -0.321 e. The molecule has 0 atom stereocenters. The van der Waals surface area contributed by atoms with E-state index >= 15 is 0 Å². The zero-order valence-corrected chi connectivity index (χ0v) is 23.1. The molecule has 4 aromatic carbocycles. The standard InChI is InChI=1S/C33H27N3O6/c1-19(37)25-10-4-7-13-28(25)34-31(40)22-16-23(32(41)35-29-14-8-5-11-26(29)20(2)38)18-24(17-22)33(42)36-30-15-9-6-12-27(30)21(3)39/h4-18H,1-3H3,(H,34,40)(H,35,41)(H,36,42). The normalized spacial score (nSPS) is 10.4. The number of rotatable bonds is 9. The second kappa shape index (κ2) is 12.6. The molecule has 9 nitrogen and oxygen atoms in total. The van der Waals surface area contributed by atoms with E-state index in [1.165, 1.54) is 39.0 Å². The summed E-state index contributed by atoms with van der Waals surface area (Å²) in [6, 6.07) is 23.3. The fourth-order valence-corrected chi connectivity index (χ4v) is 4.30. The number of ketones is 3. The summed E-state index contributed by atoms with van der Waals surface area (Å²) in [5.74, 6) is -2.77. The molecule has 9 heteroatoms. The Morgan fingerprint density at radius 2 is 0.643 bits per heavy atom. The molecule has 0 saturated carbocycles. The van der Waals surface area contributed by atoms with E-state index in [2.05, 4.69) is 16.0 Å². The van der Waals surface area contributed by atoms with Crippen LogP contribution in [-0.2, 0) is 0 Å². The molecule has 3 N–H and O–H groups in total. The predicted octanol–water partition coefficient (Wildman–Crippen LogP) is 6.05. The summed E-state index contributed by atoms with van der Waals surface area (Å²) in [5, 5.41) is 8.03. The van der Waals surface area contributed by atoms with Crippen molar-refractivity contribution in [2.75, 3.05) is 16.0 Å². The number of benzene rings is 4. The van der Waals surface area contributed by atoms with Gasteiger partial charge >= 0.3 is 0 Å². The minimum atomic E-state index is -0.666. The van der Waals surface area contributed by atoms with Gasteiger partial charge in [0, 0.05) is 33.4 Å². The van der Waals surface area contributed by atoms with E-state index in [-0.39, 0.29) is 51.1 Å². The first-order chi connectivity index (χ1) is 20.0. The number of carbonyl (C=O) groups excluding carboxylic acids is 6. The SMILES string of the molecule is CC(=O)c1ccccc1NC(=O)c1cc(C(=O)Nc2ccccc2C(C)=O)cc(C(=O)Nc2ccccc2C(C)=O)c1.